The molecular formula is C12H18N2O2. The summed E-state index contributed by atoms with van der Waals surface area (Å²) in [5, 5.41) is 5.56. The fourth-order valence-corrected chi connectivity index (χ4v) is 1.16. The summed E-state index contributed by atoms with van der Waals surface area (Å²) in [5.74, 6) is 0.818. The van der Waals surface area contributed by atoms with Crippen LogP contribution in [0, 0.1) is 0 Å². The molecule has 0 aliphatic rings. The lowest BCUT2D eigenvalue weighted by atomic mass is 10.3. The number of carbonyl (C=O) groups excluding carboxylic acids is 1. The number of amides is 1. The molecule has 16 heavy (non-hydrogen) atoms. The number of ether oxygens (including phenoxy) is 1. The summed E-state index contributed by atoms with van der Waals surface area (Å²) in [6.07, 6.45) is 0.997. The minimum absolute atomic E-state index is 0.0358. The average Bonchev–Trinajstić information content (AvgIpc) is 2.34. The van der Waals surface area contributed by atoms with Crippen molar-refractivity contribution in [2.45, 2.75) is 13.3 Å². The van der Waals surface area contributed by atoms with Gasteiger partial charge in [0.2, 0.25) is 5.91 Å². The van der Waals surface area contributed by atoms with Crippen molar-refractivity contribution in [3.63, 3.8) is 0 Å². The van der Waals surface area contributed by atoms with E-state index < -0.39 is 0 Å². The Bertz CT molecular complexity index is 322. The molecule has 0 saturated heterocycles. The highest BCUT2D eigenvalue weighted by Crippen LogP contribution is 2.15. The largest absolute Gasteiger partial charge is 0.494 e. The molecule has 0 fully saturated rings. The Kier molecular flexibility index (Phi) is 5.19. The Balaban J connectivity index is 2.41. The second-order valence-electron chi connectivity index (χ2n) is 3.40. The maximum Gasteiger partial charge on any atom is 0.239 e. The van der Waals surface area contributed by atoms with Crippen LogP contribution in [-0.2, 0) is 4.79 Å². The lowest BCUT2D eigenvalue weighted by molar-refractivity contribution is -0.118. The zero-order valence-corrected chi connectivity index (χ0v) is 9.75. The molecule has 88 valence electrons. The van der Waals surface area contributed by atoms with Crippen molar-refractivity contribution in [2.24, 2.45) is 0 Å². The van der Waals surface area contributed by atoms with Crippen molar-refractivity contribution >= 4 is 11.6 Å². The molecule has 1 aromatic carbocycles. The van der Waals surface area contributed by atoms with Gasteiger partial charge in [-0.2, -0.15) is 0 Å². The van der Waals surface area contributed by atoms with E-state index in [2.05, 4.69) is 17.6 Å². The van der Waals surface area contributed by atoms with E-state index in [1.807, 2.05) is 24.3 Å². The summed E-state index contributed by atoms with van der Waals surface area (Å²) < 4.78 is 5.45. The molecule has 4 heteroatoms. The first-order valence-corrected chi connectivity index (χ1v) is 5.43. The van der Waals surface area contributed by atoms with Crippen LogP contribution in [0.3, 0.4) is 0 Å². The number of hydrogen-bond donors (Lipinski definition) is 2. The second-order valence-corrected chi connectivity index (χ2v) is 3.40. The highest BCUT2D eigenvalue weighted by molar-refractivity contribution is 5.80. The van der Waals surface area contributed by atoms with Gasteiger partial charge >= 0.3 is 0 Å². The van der Waals surface area contributed by atoms with E-state index in [0.29, 0.717) is 0 Å². The molecule has 0 heterocycles. The van der Waals surface area contributed by atoms with Gasteiger partial charge in [-0.05, 0) is 30.7 Å². The Labute approximate surface area is 96.0 Å². The zero-order chi connectivity index (χ0) is 11.8. The SMILES string of the molecule is CCCOc1ccc(NCC(=O)NC)cc1. The fraction of sp³-hybridized carbons (Fsp3) is 0.417. The molecule has 0 aliphatic carbocycles. The van der Waals surface area contributed by atoms with Crippen molar-refractivity contribution in [1.82, 2.24) is 5.32 Å². The highest BCUT2D eigenvalue weighted by atomic mass is 16.5. The van der Waals surface area contributed by atoms with E-state index in [0.717, 1.165) is 24.5 Å². The number of anilines is 1. The predicted molar refractivity (Wildman–Crippen MR) is 64.8 cm³/mol. The van der Waals surface area contributed by atoms with Crippen LogP contribution in [-0.4, -0.2) is 26.1 Å². The smallest absolute Gasteiger partial charge is 0.239 e. The van der Waals surface area contributed by atoms with Crippen LogP contribution in [0.2, 0.25) is 0 Å². The summed E-state index contributed by atoms with van der Waals surface area (Å²) in [5.41, 5.74) is 0.910. The van der Waals surface area contributed by atoms with Crippen LogP contribution < -0.4 is 15.4 Å². The number of likely N-dealkylation sites (N-methyl/N-ethyl adjacent to an activating group) is 1. The van der Waals surface area contributed by atoms with E-state index in [1.54, 1.807) is 7.05 Å². The highest BCUT2D eigenvalue weighted by Gasteiger charge is 1.98. The molecule has 0 saturated carbocycles. The standard InChI is InChI=1S/C12H18N2O2/c1-3-8-16-11-6-4-10(5-7-11)14-9-12(15)13-2/h4-7,14H,3,8-9H2,1-2H3,(H,13,15). The van der Waals surface area contributed by atoms with Gasteiger partial charge in [0.1, 0.15) is 5.75 Å². The Morgan fingerprint density at radius 2 is 2.00 bits per heavy atom. The van der Waals surface area contributed by atoms with Crippen molar-refractivity contribution in [1.29, 1.82) is 0 Å². The lowest BCUT2D eigenvalue weighted by Gasteiger charge is -2.07. The Morgan fingerprint density at radius 1 is 1.31 bits per heavy atom. The topological polar surface area (TPSA) is 50.4 Å². The van der Waals surface area contributed by atoms with Crippen molar-refractivity contribution in [3.05, 3.63) is 24.3 Å². The van der Waals surface area contributed by atoms with Crippen LogP contribution in [0.5, 0.6) is 5.75 Å². The van der Waals surface area contributed by atoms with E-state index >= 15 is 0 Å². The quantitative estimate of drug-likeness (QED) is 0.769. The normalized spacial score (nSPS) is 9.62. The molecular weight excluding hydrogens is 204 g/mol. The van der Waals surface area contributed by atoms with Gasteiger partial charge in [-0.1, -0.05) is 6.92 Å². The molecule has 0 unspecified atom stereocenters. The first kappa shape index (κ1) is 12.4. The Hall–Kier alpha value is -1.71. The van der Waals surface area contributed by atoms with Crippen molar-refractivity contribution in [3.8, 4) is 5.75 Å². The molecule has 0 radical (unpaired) electrons. The monoisotopic (exact) mass is 222 g/mol. The minimum atomic E-state index is -0.0358. The third-order valence-corrected chi connectivity index (χ3v) is 2.06. The van der Waals surface area contributed by atoms with Crippen LogP contribution in [0.1, 0.15) is 13.3 Å². The first-order valence-electron chi connectivity index (χ1n) is 5.43. The zero-order valence-electron chi connectivity index (χ0n) is 9.75. The maximum absolute atomic E-state index is 11.0. The van der Waals surface area contributed by atoms with E-state index in [-0.39, 0.29) is 12.5 Å². The van der Waals surface area contributed by atoms with Gasteiger partial charge in [-0.25, -0.2) is 0 Å². The molecule has 0 aliphatic heterocycles. The van der Waals surface area contributed by atoms with Gasteiger partial charge in [0.05, 0.1) is 13.2 Å². The first-order chi connectivity index (χ1) is 7.76. The summed E-state index contributed by atoms with van der Waals surface area (Å²) in [4.78, 5) is 11.0. The summed E-state index contributed by atoms with van der Waals surface area (Å²) >= 11 is 0. The molecule has 1 rings (SSSR count). The Morgan fingerprint density at radius 3 is 2.56 bits per heavy atom. The van der Waals surface area contributed by atoms with Crippen LogP contribution in [0.4, 0.5) is 5.69 Å². The summed E-state index contributed by atoms with van der Waals surface area (Å²) in [6.45, 7) is 3.08. The number of benzene rings is 1. The van der Waals surface area contributed by atoms with Crippen LogP contribution in [0.15, 0.2) is 24.3 Å². The summed E-state index contributed by atoms with van der Waals surface area (Å²) in [6, 6.07) is 7.57. The summed E-state index contributed by atoms with van der Waals surface area (Å²) in [7, 11) is 1.62. The number of rotatable bonds is 6. The third kappa shape index (κ3) is 4.21. The minimum Gasteiger partial charge on any atom is -0.494 e. The molecule has 0 aromatic heterocycles. The lowest BCUT2D eigenvalue weighted by Crippen LogP contribution is -2.26. The average molecular weight is 222 g/mol. The van der Waals surface area contributed by atoms with Crippen molar-refractivity contribution < 1.29 is 9.53 Å². The van der Waals surface area contributed by atoms with Gasteiger partial charge in [0.15, 0.2) is 0 Å². The number of nitrogens with one attached hydrogen (secondary N) is 2. The molecule has 0 spiro atoms. The number of carbonyl (C=O) groups is 1. The molecule has 1 aromatic rings. The van der Waals surface area contributed by atoms with Gasteiger partial charge in [-0.15, -0.1) is 0 Å². The molecule has 1 amide bonds. The molecule has 0 atom stereocenters. The van der Waals surface area contributed by atoms with Crippen LogP contribution >= 0.6 is 0 Å². The third-order valence-electron chi connectivity index (χ3n) is 2.06. The van der Waals surface area contributed by atoms with Crippen LogP contribution in [0.25, 0.3) is 0 Å². The number of hydrogen-bond acceptors (Lipinski definition) is 3. The van der Waals surface area contributed by atoms with Gasteiger partial charge in [0, 0.05) is 12.7 Å². The predicted octanol–water partition coefficient (Wildman–Crippen LogP) is 1.63. The van der Waals surface area contributed by atoms with Gasteiger partial charge in [0.25, 0.3) is 0 Å². The van der Waals surface area contributed by atoms with E-state index in [1.165, 1.54) is 0 Å². The second kappa shape index (κ2) is 6.71. The molecule has 2 N–H and O–H groups in total. The fourth-order valence-electron chi connectivity index (χ4n) is 1.16. The van der Waals surface area contributed by atoms with Crippen molar-refractivity contribution in [2.75, 3.05) is 25.5 Å². The van der Waals surface area contributed by atoms with Gasteiger partial charge < -0.3 is 15.4 Å². The maximum atomic E-state index is 11.0. The van der Waals surface area contributed by atoms with Gasteiger partial charge in [-0.3, -0.25) is 4.79 Å². The molecule has 0 bridgehead atoms. The van der Waals surface area contributed by atoms with E-state index in [4.69, 9.17) is 4.74 Å². The molecule has 4 nitrogen and oxygen atoms in total. The van der Waals surface area contributed by atoms with E-state index in [9.17, 15) is 4.79 Å².